The zero-order valence-electron chi connectivity index (χ0n) is 4.16. The Morgan fingerprint density at radius 2 is 1.78 bits per heavy atom. The summed E-state index contributed by atoms with van der Waals surface area (Å²) in [7, 11) is 0. The first kappa shape index (κ1) is 7.48. The van der Waals surface area contributed by atoms with Gasteiger partial charge in [0, 0.05) is 6.08 Å². The summed E-state index contributed by atoms with van der Waals surface area (Å²) in [6.45, 7) is 0. The summed E-state index contributed by atoms with van der Waals surface area (Å²) < 4.78 is 0. The maximum atomic E-state index is 9.85. The van der Waals surface area contributed by atoms with Gasteiger partial charge in [0.25, 0.3) is 0 Å². The van der Waals surface area contributed by atoms with Gasteiger partial charge in [0.15, 0.2) is 0 Å². The molecule has 0 saturated heterocycles. The van der Waals surface area contributed by atoms with Crippen LogP contribution in [0.3, 0.4) is 0 Å². The molecule has 0 aromatic rings. The summed E-state index contributed by atoms with van der Waals surface area (Å²) in [6.07, 6.45) is 0.0231. The number of carbonyl (C=O) groups excluding carboxylic acids is 1. The van der Waals surface area contributed by atoms with Gasteiger partial charge >= 0.3 is 5.97 Å². The molecule has 1 N–H and O–H groups in total. The van der Waals surface area contributed by atoms with E-state index in [9.17, 15) is 19.8 Å². The first-order valence-electron chi connectivity index (χ1n) is 1.87. The summed E-state index contributed by atoms with van der Waals surface area (Å²) >= 11 is 0. The minimum Gasteiger partial charge on any atom is -0.871 e. The highest BCUT2D eigenvalue weighted by Gasteiger charge is 1.86. The van der Waals surface area contributed by atoms with Gasteiger partial charge in [0.1, 0.15) is 0 Å². The largest absolute Gasteiger partial charge is 0.871 e. The second-order valence-electron chi connectivity index (χ2n) is 1.13. The fourth-order valence-electron chi connectivity index (χ4n) is 0.171. The van der Waals surface area contributed by atoms with Crippen LogP contribution in [0.4, 0.5) is 0 Å². The van der Waals surface area contributed by atoms with E-state index in [0.29, 0.717) is 0 Å². The van der Waals surface area contributed by atoms with Gasteiger partial charge in [-0.25, -0.2) is 4.79 Å². The van der Waals surface area contributed by atoms with E-state index in [2.05, 4.69) is 0 Å². The molecule has 0 aliphatic heterocycles. The average Bonchev–Trinajstić information content (AvgIpc) is 1.63. The second-order valence-corrected chi connectivity index (χ2v) is 1.13. The number of hydrogen-bond acceptors (Lipinski definition) is 4. The second kappa shape index (κ2) is 2.71. The molecule has 0 aromatic carbocycles. The molecule has 0 amide bonds. The summed E-state index contributed by atoms with van der Waals surface area (Å²) in [5.41, 5.74) is 0. The summed E-state index contributed by atoms with van der Waals surface area (Å²) in [4.78, 5) is 19.0. The van der Waals surface area contributed by atoms with Crippen molar-refractivity contribution in [3.05, 3.63) is 11.8 Å². The quantitative estimate of drug-likeness (QED) is 0.318. The molecule has 0 saturated carbocycles. The molecule has 0 atom stereocenters. The van der Waals surface area contributed by atoms with Crippen LogP contribution in [-0.4, -0.2) is 17.0 Å². The number of carboxylic acids is 2. The number of rotatable bonds is 2. The van der Waals surface area contributed by atoms with Crippen molar-refractivity contribution in [2.24, 2.45) is 0 Å². The van der Waals surface area contributed by atoms with Crippen LogP contribution < -0.4 is 10.2 Å². The van der Waals surface area contributed by atoms with Gasteiger partial charge in [-0.3, -0.25) is 0 Å². The Hall–Kier alpha value is -1.52. The van der Waals surface area contributed by atoms with Crippen molar-refractivity contribution in [1.29, 1.82) is 0 Å². The van der Waals surface area contributed by atoms with Crippen LogP contribution in [-0.2, 0) is 9.59 Å². The van der Waals surface area contributed by atoms with Gasteiger partial charge in [-0.05, 0) is 0 Å². The van der Waals surface area contributed by atoms with Gasteiger partial charge < -0.3 is 20.1 Å². The molecule has 0 fully saturated rings. The normalized spacial score (nSPS) is 10.9. The summed E-state index contributed by atoms with van der Waals surface area (Å²) in [5, 5.41) is 27.1. The van der Waals surface area contributed by atoms with Gasteiger partial charge in [-0.15, -0.1) is 0 Å². The Labute approximate surface area is 49.9 Å². The van der Waals surface area contributed by atoms with E-state index in [1.165, 1.54) is 0 Å². The van der Waals surface area contributed by atoms with Crippen LogP contribution in [0, 0.1) is 0 Å². The maximum Gasteiger partial charge on any atom is 0.327 e. The average molecular weight is 130 g/mol. The number of carboxylic acid groups (broad SMARTS) is 2. The van der Waals surface area contributed by atoms with E-state index in [4.69, 9.17) is 5.11 Å². The molecule has 0 heterocycles. The van der Waals surface area contributed by atoms with Crippen molar-refractivity contribution in [3.8, 4) is 0 Å². The third kappa shape index (κ3) is 3.10. The van der Waals surface area contributed by atoms with Crippen LogP contribution in [0.25, 0.3) is 0 Å². The van der Waals surface area contributed by atoms with E-state index in [-0.39, 0.29) is 6.08 Å². The summed E-state index contributed by atoms with van der Waals surface area (Å²) in [5.74, 6) is -5.15. The molecule has 5 nitrogen and oxygen atoms in total. The topological polar surface area (TPSA) is 100 Å². The van der Waals surface area contributed by atoms with Gasteiger partial charge in [-0.2, -0.15) is 0 Å². The molecule has 0 unspecified atom stereocenters. The van der Waals surface area contributed by atoms with E-state index < -0.39 is 17.7 Å². The Morgan fingerprint density at radius 3 is 1.89 bits per heavy atom. The van der Waals surface area contributed by atoms with Crippen LogP contribution in [0.2, 0.25) is 0 Å². The van der Waals surface area contributed by atoms with Gasteiger partial charge in [0.05, 0.1) is 5.97 Å². The Kier molecular flexibility index (Phi) is 2.25. The van der Waals surface area contributed by atoms with Crippen molar-refractivity contribution in [1.82, 2.24) is 0 Å². The minimum atomic E-state index is -2.02. The Balaban J connectivity index is 4.17. The van der Waals surface area contributed by atoms with Crippen molar-refractivity contribution in [2.45, 2.75) is 0 Å². The van der Waals surface area contributed by atoms with Crippen molar-refractivity contribution in [2.75, 3.05) is 0 Å². The zero-order chi connectivity index (χ0) is 7.44. The lowest BCUT2D eigenvalue weighted by Gasteiger charge is -2.09. The highest BCUT2D eigenvalue weighted by Crippen LogP contribution is 1.77. The SMILES string of the molecule is O=C(O)/C=C(/[O-])C(=O)[O-]. The van der Waals surface area contributed by atoms with Crippen molar-refractivity contribution >= 4 is 11.9 Å². The smallest absolute Gasteiger partial charge is 0.327 e. The van der Waals surface area contributed by atoms with Crippen LogP contribution in [0.15, 0.2) is 11.8 Å². The predicted molar refractivity (Wildman–Crippen MR) is 20.7 cm³/mol. The molecule has 0 aliphatic carbocycles. The molecule has 0 aromatic heterocycles. The van der Waals surface area contributed by atoms with E-state index in [1.54, 1.807) is 0 Å². The maximum absolute atomic E-state index is 9.85. The number of carbonyl (C=O) groups is 2. The van der Waals surface area contributed by atoms with Gasteiger partial charge in [0.2, 0.25) is 0 Å². The molecular formula is C4H2O5-2. The first-order chi connectivity index (χ1) is 4.04. The van der Waals surface area contributed by atoms with Crippen LogP contribution in [0.1, 0.15) is 0 Å². The van der Waals surface area contributed by atoms with Crippen molar-refractivity contribution < 1.29 is 24.9 Å². The lowest BCUT2D eigenvalue weighted by molar-refractivity contribution is -0.354. The molecule has 9 heavy (non-hydrogen) atoms. The van der Waals surface area contributed by atoms with Crippen LogP contribution >= 0.6 is 0 Å². The summed E-state index contributed by atoms with van der Waals surface area (Å²) in [6, 6.07) is 0. The highest BCUT2D eigenvalue weighted by molar-refractivity contribution is 5.90. The predicted octanol–water partition coefficient (Wildman–Crippen LogP) is -2.93. The molecule has 5 heteroatoms. The van der Waals surface area contributed by atoms with E-state index >= 15 is 0 Å². The lowest BCUT2D eigenvalue weighted by Crippen LogP contribution is -2.31. The molecule has 0 rings (SSSR count). The molecule has 0 spiro atoms. The highest BCUT2D eigenvalue weighted by atomic mass is 16.4. The molecule has 0 aliphatic rings. The van der Waals surface area contributed by atoms with Crippen molar-refractivity contribution in [3.63, 3.8) is 0 Å². The van der Waals surface area contributed by atoms with E-state index in [1.807, 2.05) is 0 Å². The van der Waals surface area contributed by atoms with E-state index in [0.717, 1.165) is 0 Å². The molecule has 50 valence electrons. The Morgan fingerprint density at radius 1 is 1.33 bits per heavy atom. The third-order valence-electron chi connectivity index (χ3n) is 0.456. The standard InChI is InChI=1S/C4H4O5/c5-2(4(8)9)1-3(6)7/h1,5H,(H,6,7)(H,8,9)/p-2/b2-1+. The third-order valence-corrected chi connectivity index (χ3v) is 0.456. The molecule has 0 bridgehead atoms. The fourth-order valence-corrected chi connectivity index (χ4v) is 0.171. The van der Waals surface area contributed by atoms with Gasteiger partial charge in [-0.1, -0.05) is 5.76 Å². The molecule has 0 radical (unpaired) electrons. The zero-order valence-corrected chi connectivity index (χ0v) is 4.16. The Bertz CT molecular complexity index is 168. The first-order valence-corrected chi connectivity index (χ1v) is 1.87. The van der Waals surface area contributed by atoms with Crippen LogP contribution in [0.5, 0.6) is 0 Å². The monoisotopic (exact) mass is 130 g/mol. The minimum absolute atomic E-state index is 0.0231. The molecular weight excluding hydrogens is 128 g/mol. The number of aliphatic carboxylic acids is 2. The number of hydrogen-bond donors (Lipinski definition) is 1. The lowest BCUT2D eigenvalue weighted by atomic mass is 10.4. The fraction of sp³-hybridized carbons (Fsp3) is 0.